The molecule has 0 saturated carbocycles. The number of nitrogens with zero attached hydrogens (tertiary/aromatic N) is 2. The smallest absolute Gasteiger partial charge is 0.200 e. The van der Waals surface area contributed by atoms with Crippen LogP contribution in [0.15, 0.2) is 83.3 Å². The second kappa shape index (κ2) is 112. The Hall–Kier alpha value is -4.85. The maximum Gasteiger partial charge on any atom is 0.200 e. The van der Waals surface area contributed by atoms with Crippen molar-refractivity contribution in [3.63, 3.8) is 0 Å². The Morgan fingerprint density at radius 3 is 0.648 bits per heavy atom. The molecular formula is C99H176N2O43S. The van der Waals surface area contributed by atoms with Crippen molar-refractivity contribution in [2.24, 2.45) is 0 Å². The summed E-state index contributed by atoms with van der Waals surface area (Å²) in [6.07, 6.45) is 8.49. The number of benzene rings is 2. The predicted octanol–water partition coefficient (Wildman–Crippen LogP) is 1.53. The molecule has 0 heterocycles. The monoisotopic (exact) mass is 2110 g/mol. The Morgan fingerprint density at radius 1 is 0.241 bits per heavy atom. The molecule has 45 nitrogen and oxygen atoms in total. The van der Waals surface area contributed by atoms with Crippen LogP contribution in [0, 0.1) is 0 Å². The van der Waals surface area contributed by atoms with E-state index >= 15 is 0 Å². The van der Waals surface area contributed by atoms with Gasteiger partial charge in [0.1, 0.15) is 30.1 Å². The Kier molecular flexibility index (Phi) is 105. The van der Waals surface area contributed by atoms with Crippen LogP contribution in [0.4, 0.5) is 5.69 Å². The number of carbonyl (C=O) groups excluding carboxylic acids is 1. The molecule has 1 aliphatic rings. The van der Waals surface area contributed by atoms with Crippen molar-refractivity contribution in [1.82, 2.24) is 0 Å². The van der Waals surface area contributed by atoms with E-state index in [0.29, 0.717) is 512 Å². The van der Waals surface area contributed by atoms with Crippen molar-refractivity contribution in [1.29, 1.82) is 0 Å². The summed E-state index contributed by atoms with van der Waals surface area (Å²) in [7, 11) is -4.95. The van der Waals surface area contributed by atoms with Gasteiger partial charge in [-0.25, -0.2) is 13.0 Å². The number of rotatable bonds is 118. The first-order valence-corrected chi connectivity index (χ1v) is 51.8. The van der Waals surface area contributed by atoms with Gasteiger partial charge in [-0.3, -0.25) is 0 Å². The van der Waals surface area contributed by atoms with Crippen LogP contribution in [0.3, 0.4) is 0 Å². The summed E-state index contributed by atoms with van der Waals surface area (Å²) in [6.45, 7) is 32.9. The molecule has 0 bridgehead atoms. The summed E-state index contributed by atoms with van der Waals surface area (Å²) < 4.78 is 238. The predicted molar refractivity (Wildman–Crippen MR) is 531 cm³/mol. The number of hydrogen-bond acceptors (Lipinski definition) is 44. The average Bonchev–Trinajstić information content (AvgIpc) is 0.776. The molecule has 1 aliphatic carbocycles. The lowest BCUT2D eigenvalue weighted by Gasteiger charge is -2.25. The van der Waals surface area contributed by atoms with Gasteiger partial charge in [0.2, 0.25) is 0 Å². The second-order valence-corrected chi connectivity index (χ2v) is 31.4. The number of aliphatic hydroxyl groups is 4. The molecule has 0 saturated heterocycles. The summed E-state index contributed by atoms with van der Waals surface area (Å²) in [5.74, 6) is 0. The van der Waals surface area contributed by atoms with Crippen LogP contribution in [-0.4, -0.2) is 566 Å². The fourth-order valence-electron chi connectivity index (χ4n) is 12.2. The van der Waals surface area contributed by atoms with Crippen molar-refractivity contribution in [2.75, 3.05) is 520 Å². The Balaban J connectivity index is 0.0000353. The first-order valence-electron chi connectivity index (χ1n) is 50.4. The fourth-order valence-corrected chi connectivity index (χ4v) is 12.8. The fraction of sp³-hybridized carbons (Fsp3) is 0.798. The molecule has 0 atom stereocenters. The van der Waals surface area contributed by atoms with Gasteiger partial charge in [0, 0.05) is 42.9 Å². The van der Waals surface area contributed by atoms with Gasteiger partial charge in [-0.1, -0.05) is 30.3 Å². The third-order valence-corrected chi connectivity index (χ3v) is 20.1. The number of ether oxygens (including phenoxy) is 35. The van der Waals surface area contributed by atoms with E-state index in [1.807, 2.05) is 55.4 Å². The SMILES string of the molecule is C=O.O=S(=O)([O-])c1ccccc1C(=C1C=CC(=[N+](CCCOCCOCCOCCOCCOCCOCCOCCOCCO)CCOCCOCCOCCOCCOCCOCCOCCOCCOCCO)C=C1)c1ccc(N(CCOCCOCCOCCOCCOCCOCCOCCOCCOCCO)CCOCCOCCOCCOCCOCCOCCOCCOCCOCCO)cc1. The third kappa shape index (κ3) is 90.4. The molecule has 0 aliphatic heterocycles. The van der Waals surface area contributed by atoms with Crippen LogP contribution in [0.1, 0.15) is 17.5 Å². The van der Waals surface area contributed by atoms with Crippen LogP contribution in [0.5, 0.6) is 0 Å². The van der Waals surface area contributed by atoms with E-state index in [-0.39, 0.29) is 36.9 Å². The highest BCUT2D eigenvalue weighted by atomic mass is 32.2. The molecule has 4 N–H and O–H groups in total. The number of carbonyl (C=O) groups is 1. The summed E-state index contributed by atoms with van der Waals surface area (Å²) >= 11 is 0. The normalized spacial score (nSPS) is 12.2. The van der Waals surface area contributed by atoms with Crippen molar-refractivity contribution in [2.45, 2.75) is 11.3 Å². The molecule has 0 amide bonds. The summed E-state index contributed by atoms with van der Waals surface area (Å²) in [5.41, 5.74) is 3.85. The van der Waals surface area contributed by atoms with Crippen molar-refractivity contribution in [3.05, 3.63) is 89.5 Å². The van der Waals surface area contributed by atoms with Gasteiger partial charge in [-0.15, -0.1) is 0 Å². The highest BCUT2D eigenvalue weighted by molar-refractivity contribution is 7.85. The lowest BCUT2D eigenvalue weighted by molar-refractivity contribution is -0.530. The molecule has 0 fully saturated rings. The lowest BCUT2D eigenvalue weighted by atomic mass is 9.90. The largest absolute Gasteiger partial charge is 0.744 e. The van der Waals surface area contributed by atoms with Gasteiger partial charge in [0.15, 0.2) is 12.3 Å². The summed E-state index contributed by atoms with van der Waals surface area (Å²) in [4.78, 5) is 9.79. The zero-order chi connectivity index (χ0) is 104. The van der Waals surface area contributed by atoms with Crippen LogP contribution in [0.25, 0.3) is 5.57 Å². The van der Waals surface area contributed by atoms with Crippen LogP contribution < -0.4 is 4.90 Å². The number of anilines is 1. The maximum atomic E-state index is 13.1. The van der Waals surface area contributed by atoms with E-state index in [4.69, 9.17) is 191 Å². The van der Waals surface area contributed by atoms with E-state index < -0.39 is 10.1 Å². The molecular weight excluding hydrogens is 1940 g/mol. The standard InChI is InChI=1S/C98H174N2O42S.CH2O/c101-18-26-112-34-42-120-50-58-128-66-74-136-82-78-132-70-62-124-54-46-116-38-30-108-22-3-14-99(15-23-109-31-39-117-47-55-125-63-71-133-79-86-140-89-83-137-75-67-129-59-51-121-43-35-113-27-19-102)94-10-6-92(7-11-94)98(96-4-1-2-5-97(96)143(105,106)107)93-8-12-95(13-9-93)100(16-24-110-32-40-118-48-56-126-64-72-134-80-87-141-90-84-138-76-68-130-60-52-122-44-36-114-28-20-103)17-25-111-33-41-119-49-57-127-65-73-135-81-88-142-91-85-139-77-69-131-61-53-123-45-37-115-29-21-104;1-2/h1-2,4-13,101-104H,3,14-91H2;1H2. The minimum atomic E-state index is -4.95. The average molecular weight is 2110 g/mol. The van der Waals surface area contributed by atoms with E-state index in [9.17, 15) is 13.0 Å². The molecule has 0 radical (unpaired) electrons. The molecule has 846 valence electrons. The first kappa shape index (κ1) is 136. The summed E-state index contributed by atoms with van der Waals surface area (Å²) in [5, 5.41) is 35.0. The number of hydrogen-bond donors (Lipinski definition) is 4. The summed E-state index contributed by atoms with van der Waals surface area (Å²) in [6, 6.07) is 14.0. The van der Waals surface area contributed by atoms with E-state index in [1.165, 1.54) is 12.1 Å². The molecule has 0 unspecified atom stereocenters. The number of aliphatic hydroxyl groups excluding tert-OH is 4. The van der Waals surface area contributed by atoms with Crippen molar-refractivity contribution >= 4 is 33.9 Å². The molecule has 0 spiro atoms. The second-order valence-electron chi connectivity index (χ2n) is 30.1. The van der Waals surface area contributed by atoms with Gasteiger partial charge < -0.3 is 200 Å². The minimum absolute atomic E-state index is 0.00866. The minimum Gasteiger partial charge on any atom is -0.744 e. The highest BCUT2D eigenvalue weighted by Gasteiger charge is 2.22. The van der Waals surface area contributed by atoms with Crippen LogP contribution in [-0.2, 0) is 181 Å². The lowest BCUT2D eigenvalue weighted by Crippen LogP contribution is -2.31. The van der Waals surface area contributed by atoms with E-state index in [2.05, 4.69) is 9.48 Å². The van der Waals surface area contributed by atoms with E-state index in [0.717, 1.165) is 11.4 Å². The maximum absolute atomic E-state index is 13.1. The molecule has 2 aromatic rings. The quantitative estimate of drug-likeness (QED) is 0.0414. The molecule has 3 rings (SSSR count). The topological polar surface area (TPSA) is 484 Å². The van der Waals surface area contributed by atoms with E-state index in [1.54, 1.807) is 12.1 Å². The number of allylic oxidation sites excluding steroid dienone is 5. The van der Waals surface area contributed by atoms with Crippen LogP contribution in [0.2, 0.25) is 0 Å². The van der Waals surface area contributed by atoms with Crippen molar-refractivity contribution < 1.29 is 209 Å². The third-order valence-electron chi connectivity index (χ3n) is 19.2. The zero-order valence-corrected chi connectivity index (χ0v) is 86.8. The van der Waals surface area contributed by atoms with Crippen LogP contribution >= 0.6 is 0 Å². The van der Waals surface area contributed by atoms with Gasteiger partial charge in [0.25, 0.3) is 0 Å². The Bertz CT molecular complexity index is 3170. The Morgan fingerprint density at radius 2 is 0.434 bits per heavy atom. The molecule has 0 aromatic heterocycles. The first-order chi connectivity index (χ1) is 71.8. The zero-order valence-electron chi connectivity index (χ0n) is 86.0. The highest BCUT2D eigenvalue weighted by Crippen LogP contribution is 2.35. The Labute approximate surface area is 859 Å². The van der Waals surface area contributed by atoms with Gasteiger partial charge in [-0.05, 0) is 47.1 Å². The van der Waals surface area contributed by atoms with Gasteiger partial charge in [0.05, 0.1) is 487 Å². The molecule has 2 aromatic carbocycles. The van der Waals surface area contributed by atoms with Crippen molar-refractivity contribution in [3.8, 4) is 0 Å². The van der Waals surface area contributed by atoms with Gasteiger partial charge >= 0.3 is 0 Å². The molecule has 145 heavy (non-hydrogen) atoms. The molecule has 46 heteroatoms. The van der Waals surface area contributed by atoms with Gasteiger partial charge in [-0.2, -0.15) is 0 Å².